The first-order chi connectivity index (χ1) is 32.6. The highest BCUT2D eigenvalue weighted by molar-refractivity contribution is 5.70. The Morgan fingerprint density at radius 1 is 0.348 bits per heavy atom. The molecule has 0 rings (SSSR count). The average Bonchev–Trinajstić information content (AvgIpc) is 3.32. The second kappa shape index (κ2) is 57.2. The Morgan fingerprint density at radius 2 is 0.682 bits per heavy atom. The van der Waals surface area contributed by atoms with Gasteiger partial charge in [0.2, 0.25) is 0 Å². The van der Waals surface area contributed by atoms with Crippen LogP contribution in [0.15, 0.2) is 48.6 Å². The minimum Gasteiger partial charge on any atom is -0.462 e. The summed E-state index contributed by atoms with van der Waals surface area (Å²) in [6.07, 6.45) is 71.3. The molecule has 0 aromatic carbocycles. The normalized spacial score (nSPS) is 12.5. The first kappa shape index (κ1) is 63.9. The number of allylic oxidation sites excluding steroid dienone is 8. The number of hydrogen-bond acceptors (Lipinski definition) is 5. The fraction of sp³-hybridized carbons (Fsp3) is 0.836. The summed E-state index contributed by atoms with van der Waals surface area (Å²) >= 11 is 0. The van der Waals surface area contributed by atoms with Gasteiger partial charge in [0, 0.05) is 19.4 Å². The van der Waals surface area contributed by atoms with E-state index in [0.717, 1.165) is 70.6 Å². The topological polar surface area (TPSA) is 61.8 Å². The van der Waals surface area contributed by atoms with Gasteiger partial charge in [0.1, 0.15) is 6.61 Å². The molecule has 0 saturated heterocycles. The van der Waals surface area contributed by atoms with E-state index >= 15 is 0 Å². The van der Waals surface area contributed by atoms with E-state index in [4.69, 9.17) is 14.2 Å². The second-order valence-corrected chi connectivity index (χ2v) is 19.5. The predicted molar refractivity (Wildman–Crippen MR) is 288 cm³/mol. The highest BCUT2D eigenvalue weighted by atomic mass is 16.6. The predicted octanol–water partition coefficient (Wildman–Crippen LogP) is 19.9. The SMILES string of the molecule is CC/C=C\C/C=C\C/C=C\CCCCCCCCCC(=O)OCC(COCCCCCCCCCC/C=C\CCCCCCCC)OC(=O)CCCCCCCCCCCCCCCCC. The zero-order valence-corrected chi connectivity index (χ0v) is 44.5. The maximum Gasteiger partial charge on any atom is 0.306 e. The summed E-state index contributed by atoms with van der Waals surface area (Å²) in [5, 5.41) is 0. The van der Waals surface area contributed by atoms with Gasteiger partial charge in [-0.15, -0.1) is 0 Å². The number of ether oxygens (including phenoxy) is 3. The van der Waals surface area contributed by atoms with E-state index in [-0.39, 0.29) is 25.2 Å². The minimum absolute atomic E-state index is 0.0827. The number of carbonyl (C=O) groups is 2. The maximum atomic E-state index is 12.9. The van der Waals surface area contributed by atoms with Gasteiger partial charge in [0.05, 0.1) is 6.61 Å². The second-order valence-electron chi connectivity index (χ2n) is 19.5. The quantitative estimate of drug-likeness (QED) is 0.0345. The van der Waals surface area contributed by atoms with E-state index in [1.165, 1.54) is 199 Å². The third-order valence-electron chi connectivity index (χ3n) is 12.8. The van der Waals surface area contributed by atoms with Crippen molar-refractivity contribution in [1.82, 2.24) is 0 Å². The van der Waals surface area contributed by atoms with Gasteiger partial charge in [-0.3, -0.25) is 9.59 Å². The molecular formula is C61H112O5. The minimum atomic E-state index is -0.539. The summed E-state index contributed by atoms with van der Waals surface area (Å²) in [4.78, 5) is 25.5. The lowest BCUT2D eigenvalue weighted by Gasteiger charge is -2.18. The van der Waals surface area contributed by atoms with Gasteiger partial charge in [0.25, 0.3) is 0 Å². The monoisotopic (exact) mass is 925 g/mol. The lowest BCUT2D eigenvalue weighted by Crippen LogP contribution is -2.30. The Bertz CT molecular complexity index is 1090. The van der Waals surface area contributed by atoms with Crippen molar-refractivity contribution in [3.8, 4) is 0 Å². The Balaban J connectivity index is 4.25. The molecule has 0 N–H and O–H groups in total. The molecule has 386 valence electrons. The Kier molecular flexibility index (Phi) is 55.3. The van der Waals surface area contributed by atoms with E-state index in [1.54, 1.807) is 0 Å². The van der Waals surface area contributed by atoms with Crippen LogP contribution < -0.4 is 0 Å². The molecule has 0 saturated carbocycles. The Labute approximate surface area is 412 Å². The van der Waals surface area contributed by atoms with Gasteiger partial charge in [-0.2, -0.15) is 0 Å². The largest absolute Gasteiger partial charge is 0.462 e. The molecule has 0 fully saturated rings. The number of unbranched alkanes of at least 4 members (excludes halogenated alkanes) is 35. The molecule has 0 spiro atoms. The summed E-state index contributed by atoms with van der Waals surface area (Å²) in [7, 11) is 0. The van der Waals surface area contributed by atoms with Gasteiger partial charge in [-0.1, -0.05) is 262 Å². The third kappa shape index (κ3) is 54.5. The van der Waals surface area contributed by atoms with Crippen LogP contribution in [0.2, 0.25) is 0 Å². The van der Waals surface area contributed by atoms with Crippen LogP contribution in [-0.4, -0.2) is 37.9 Å². The molecule has 5 heteroatoms. The molecule has 5 nitrogen and oxygen atoms in total. The van der Waals surface area contributed by atoms with Gasteiger partial charge in [-0.25, -0.2) is 0 Å². The van der Waals surface area contributed by atoms with Crippen molar-refractivity contribution in [2.24, 2.45) is 0 Å². The molecule has 1 unspecified atom stereocenters. The summed E-state index contributed by atoms with van der Waals surface area (Å²) in [6, 6.07) is 0. The van der Waals surface area contributed by atoms with Crippen molar-refractivity contribution in [2.45, 2.75) is 309 Å². The lowest BCUT2D eigenvalue weighted by molar-refractivity contribution is -0.163. The molecule has 0 aromatic rings. The molecule has 0 amide bonds. The fourth-order valence-corrected chi connectivity index (χ4v) is 8.52. The molecule has 0 heterocycles. The lowest BCUT2D eigenvalue weighted by atomic mass is 10.0. The van der Waals surface area contributed by atoms with Crippen LogP contribution in [0.4, 0.5) is 0 Å². The van der Waals surface area contributed by atoms with E-state index in [2.05, 4.69) is 69.4 Å². The van der Waals surface area contributed by atoms with Gasteiger partial charge in [0.15, 0.2) is 6.10 Å². The average molecular weight is 926 g/mol. The summed E-state index contributed by atoms with van der Waals surface area (Å²) in [5.41, 5.74) is 0. The van der Waals surface area contributed by atoms with Crippen LogP contribution in [0, 0.1) is 0 Å². The number of esters is 2. The van der Waals surface area contributed by atoms with Crippen LogP contribution in [0.3, 0.4) is 0 Å². The van der Waals surface area contributed by atoms with Crippen molar-refractivity contribution in [3.05, 3.63) is 48.6 Å². The third-order valence-corrected chi connectivity index (χ3v) is 12.8. The van der Waals surface area contributed by atoms with Crippen LogP contribution in [0.25, 0.3) is 0 Å². The summed E-state index contributed by atoms with van der Waals surface area (Å²) < 4.78 is 17.5. The Morgan fingerprint density at radius 3 is 1.11 bits per heavy atom. The van der Waals surface area contributed by atoms with E-state index in [1.807, 2.05) is 0 Å². The molecule has 0 radical (unpaired) electrons. The fourth-order valence-electron chi connectivity index (χ4n) is 8.52. The molecular weight excluding hydrogens is 813 g/mol. The van der Waals surface area contributed by atoms with Gasteiger partial charge < -0.3 is 14.2 Å². The zero-order valence-electron chi connectivity index (χ0n) is 44.5. The van der Waals surface area contributed by atoms with Crippen molar-refractivity contribution >= 4 is 11.9 Å². The van der Waals surface area contributed by atoms with Crippen molar-refractivity contribution in [3.63, 3.8) is 0 Å². The summed E-state index contributed by atoms with van der Waals surface area (Å²) in [5.74, 6) is -0.393. The molecule has 0 aliphatic heterocycles. The standard InChI is InChI=1S/C61H112O5/c1-4-7-10-13-16-19-22-25-28-30-32-35-38-41-44-47-50-53-56-64-57-59(66-61(63)55-52-49-46-43-40-37-33-27-24-21-18-15-12-9-6-3)58-65-60(62)54-51-48-45-42-39-36-34-31-29-26-23-20-17-14-11-8-5-2/h8,11,17,20,25-26,28-29,59H,4-7,9-10,12-16,18-19,21-24,27,30-58H2,1-3H3/b11-8-,20-17-,28-25-,29-26-. The van der Waals surface area contributed by atoms with E-state index < -0.39 is 6.10 Å². The Hall–Kier alpha value is -2.14. The number of carbonyl (C=O) groups excluding carboxylic acids is 2. The molecule has 0 aliphatic rings. The zero-order chi connectivity index (χ0) is 47.7. The molecule has 0 aliphatic carbocycles. The number of rotatable bonds is 54. The molecule has 1 atom stereocenters. The smallest absolute Gasteiger partial charge is 0.306 e. The molecule has 0 bridgehead atoms. The summed E-state index contributed by atoms with van der Waals surface area (Å²) in [6.45, 7) is 7.75. The highest BCUT2D eigenvalue weighted by Gasteiger charge is 2.17. The van der Waals surface area contributed by atoms with Gasteiger partial charge >= 0.3 is 11.9 Å². The highest BCUT2D eigenvalue weighted by Crippen LogP contribution is 2.16. The van der Waals surface area contributed by atoms with Crippen LogP contribution >= 0.6 is 0 Å². The van der Waals surface area contributed by atoms with Crippen LogP contribution in [0.1, 0.15) is 303 Å². The van der Waals surface area contributed by atoms with E-state index in [9.17, 15) is 9.59 Å². The molecule has 66 heavy (non-hydrogen) atoms. The first-order valence-electron chi connectivity index (χ1n) is 29.2. The van der Waals surface area contributed by atoms with Crippen molar-refractivity contribution < 1.29 is 23.8 Å². The first-order valence-corrected chi connectivity index (χ1v) is 29.2. The van der Waals surface area contributed by atoms with E-state index in [0.29, 0.717) is 19.4 Å². The van der Waals surface area contributed by atoms with Crippen molar-refractivity contribution in [2.75, 3.05) is 19.8 Å². The molecule has 0 aromatic heterocycles. The van der Waals surface area contributed by atoms with Crippen LogP contribution in [-0.2, 0) is 23.8 Å². The van der Waals surface area contributed by atoms with Crippen LogP contribution in [0.5, 0.6) is 0 Å². The maximum absolute atomic E-state index is 12.9. The number of hydrogen-bond donors (Lipinski definition) is 0. The van der Waals surface area contributed by atoms with Crippen molar-refractivity contribution in [1.29, 1.82) is 0 Å². The van der Waals surface area contributed by atoms with Gasteiger partial charge in [-0.05, 0) is 77.0 Å².